The van der Waals surface area contributed by atoms with E-state index in [0.717, 1.165) is 0 Å². The van der Waals surface area contributed by atoms with E-state index in [1.165, 1.54) is 14.8 Å². The second kappa shape index (κ2) is 6.19. The van der Waals surface area contributed by atoms with E-state index in [2.05, 4.69) is 32.1 Å². The van der Waals surface area contributed by atoms with Gasteiger partial charge in [-0.25, -0.2) is 0 Å². The van der Waals surface area contributed by atoms with E-state index in [4.69, 9.17) is 0 Å². The molecule has 0 atom stereocenters. The van der Waals surface area contributed by atoms with Gasteiger partial charge in [0.2, 0.25) is 0 Å². The van der Waals surface area contributed by atoms with Gasteiger partial charge in [0.15, 0.2) is 0 Å². The first-order valence-electron chi connectivity index (χ1n) is 4.09. The van der Waals surface area contributed by atoms with Crippen LogP contribution in [0.4, 0.5) is 0 Å². The van der Waals surface area contributed by atoms with Gasteiger partial charge >= 0.3 is 71.6 Å². The summed E-state index contributed by atoms with van der Waals surface area (Å²) in [7, 11) is 0. The summed E-state index contributed by atoms with van der Waals surface area (Å²) in [6.45, 7) is 4.73. The summed E-state index contributed by atoms with van der Waals surface area (Å²) in [4.78, 5) is 0. The van der Waals surface area contributed by atoms with E-state index in [1.807, 2.05) is 3.33 Å². The zero-order valence-electron chi connectivity index (χ0n) is 7.23. The van der Waals surface area contributed by atoms with Crippen molar-refractivity contribution in [2.45, 2.75) is 28.6 Å². The Morgan fingerprint density at radius 3 is 2.36 bits per heavy atom. The van der Waals surface area contributed by atoms with E-state index in [1.54, 1.807) is 0 Å². The maximum absolute atomic E-state index is 2.37. The Kier molecular flexibility index (Phi) is 6.55. The molecule has 0 fully saturated rings. The summed E-state index contributed by atoms with van der Waals surface area (Å²) in [5.74, 6) is 0. The van der Waals surface area contributed by atoms with Crippen molar-refractivity contribution >= 4 is 0 Å². The van der Waals surface area contributed by atoms with Crippen molar-refractivity contribution in [3.63, 3.8) is 0 Å². The Balaban J connectivity index is 0.000001000. The fourth-order valence-electron chi connectivity index (χ4n) is 1.41. The van der Waals surface area contributed by atoms with Crippen molar-refractivity contribution in [1.82, 2.24) is 0 Å². The average Bonchev–Trinajstić information content (AvgIpc) is 2.43. The number of hydrogen-bond donors (Lipinski definition) is 0. The third kappa shape index (κ3) is 3.25. The number of hydrogen-bond acceptors (Lipinski definition) is 0. The Hall–Kier alpha value is 0.640. The zero-order chi connectivity index (χ0) is 7.40. The smallest absolute Gasteiger partial charge is 1.00 e. The summed E-state index contributed by atoms with van der Waals surface area (Å²) >= 11 is -1.13. The molecule has 11 heavy (non-hydrogen) atoms. The topological polar surface area (TPSA) is 0 Å². The first kappa shape index (κ1) is 11.6. The second-order valence-electron chi connectivity index (χ2n) is 2.63. The van der Waals surface area contributed by atoms with Crippen molar-refractivity contribution < 1.29 is 33.8 Å². The van der Waals surface area contributed by atoms with E-state index in [-0.39, 0.29) is 12.4 Å². The largest absolute Gasteiger partial charge is 1.00 e. The summed E-state index contributed by atoms with van der Waals surface area (Å²) in [6, 6.07) is 0. The van der Waals surface area contributed by atoms with Gasteiger partial charge in [-0.3, -0.25) is 0 Å². The summed E-state index contributed by atoms with van der Waals surface area (Å²) in [6.07, 6.45) is 8.19. The van der Waals surface area contributed by atoms with Crippen molar-refractivity contribution in [3.8, 4) is 0 Å². The monoisotopic (exact) mass is 338 g/mol. The van der Waals surface area contributed by atoms with Crippen LogP contribution >= 0.6 is 0 Å². The normalized spacial score (nSPS) is 14.2. The molecule has 0 heterocycles. The molecule has 0 aromatic rings. The van der Waals surface area contributed by atoms with Gasteiger partial charge in [-0.1, -0.05) is 0 Å². The molecule has 2 heteroatoms. The predicted octanol–water partition coefficient (Wildman–Crippen LogP) is 0.329. The number of halogens is 1. The van der Waals surface area contributed by atoms with Gasteiger partial charge in [0, 0.05) is 0 Å². The molecular weight excluding hydrogens is 322 g/mol. The fraction of sp³-hybridized carbons (Fsp3) is 0.556. The molecule has 0 radical (unpaired) electrons. The van der Waals surface area contributed by atoms with E-state index in [9.17, 15) is 0 Å². The van der Waals surface area contributed by atoms with Crippen LogP contribution in [0.3, 0.4) is 0 Å². The molecule has 1 aliphatic rings. The fourth-order valence-corrected chi connectivity index (χ4v) is 9.13. The molecule has 1 aliphatic carbocycles. The number of rotatable bonds is 3. The summed E-state index contributed by atoms with van der Waals surface area (Å²) in [5, 5.41) is 0. The molecular formula is C9H15ClHf. The maximum Gasteiger partial charge on any atom is -1.00 e. The van der Waals surface area contributed by atoms with Crippen LogP contribution in [0.1, 0.15) is 20.3 Å². The third-order valence-corrected chi connectivity index (χ3v) is 12.8. The van der Waals surface area contributed by atoms with Crippen molar-refractivity contribution in [3.05, 3.63) is 21.6 Å². The van der Waals surface area contributed by atoms with Gasteiger partial charge < -0.3 is 12.4 Å². The predicted molar refractivity (Wildman–Crippen MR) is 42.8 cm³/mol. The Bertz CT molecular complexity index is 157. The minimum atomic E-state index is -1.13. The molecule has 0 unspecified atom stereocenters. The number of allylic oxidation sites excluding steroid dienone is 4. The van der Waals surface area contributed by atoms with Gasteiger partial charge in [0.1, 0.15) is 0 Å². The Labute approximate surface area is 83.7 Å². The third-order valence-electron chi connectivity index (χ3n) is 2.08. The molecule has 0 N–H and O–H groups in total. The van der Waals surface area contributed by atoms with Crippen LogP contribution in [0.25, 0.3) is 0 Å². The maximum atomic E-state index is 2.37. The molecule has 1 rings (SSSR count). The van der Waals surface area contributed by atoms with Crippen LogP contribution in [0.15, 0.2) is 21.6 Å². The Morgan fingerprint density at radius 2 is 2.00 bits per heavy atom. The second-order valence-corrected chi connectivity index (χ2v) is 14.4. The van der Waals surface area contributed by atoms with Gasteiger partial charge in [-0.05, 0) is 0 Å². The average molecular weight is 337 g/mol. The molecule has 0 aromatic carbocycles. The van der Waals surface area contributed by atoms with Crippen LogP contribution in [0, 0.1) is 0 Å². The van der Waals surface area contributed by atoms with Gasteiger partial charge in [0.05, 0.1) is 0 Å². The van der Waals surface area contributed by atoms with Crippen molar-refractivity contribution in [2.24, 2.45) is 0 Å². The molecule has 0 bridgehead atoms. The minimum Gasteiger partial charge on any atom is -1.00 e. The van der Waals surface area contributed by atoms with E-state index >= 15 is 0 Å². The van der Waals surface area contributed by atoms with Crippen LogP contribution in [-0.2, 0) is 21.4 Å². The SMILES string of the molecule is C[CH2][Hf+]([CH2]C)[C]1=CC=CC1.[Cl-]. The first-order chi connectivity index (χ1) is 4.88. The standard InChI is InChI=1S/C5H5.2C2H5.ClH.Hf/c1-2-4-5-3-1;2*1-2;;/h1-3H,4H2;2*1H2,2H3;1H;/q;;;;+1/p-1. The quantitative estimate of drug-likeness (QED) is 0.651. The first-order valence-corrected chi connectivity index (χ1v) is 11.0. The zero-order valence-corrected chi connectivity index (χ0v) is 11.6. The van der Waals surface area contributed by atoms with Gasteiger partial charge in [0.25, 0.3) is 0 Å². The van der Waals surface area contributed by atoms with Crippen LogP contribution in [0.2, 0.25) is 8.35 Å². The molecule has 0 nitrogen and oxygen atoms in total. The van der Waals surface area contributed by atoms with E-state index < -0.39 is 21.4 Å². The molecule has 0 saturated heterocycles. The summed E-state index contributed by atoms with van der Waals surface area (Å²) in [5.41, 5.74) is 0. The van der Waals surface area contributed by atoms with Crippen molar-refractivity contribution in [2.75, 3.05) is 0 Å². The van der Waals surface area contributed by atoms with Gasteiger partial charge in [-0.15, -0.1) is 0 Å². The van der Waals surface area contributed by atoms with Gasteiger partial charge in [-0.2, -0.15) is 0 Å². The van der Waals surface area contributed by atoms with Crippen LogP contribution in [-0.4, -0.2) is 0 Å². The Morgan fingerprint density at radius 1 is 1.36 bits per heavy atom. The molecule has 0 saturated carbocycles. The molecule has 62 valence electrons. The van der Waals surface area contributed by atoms with Crippen LogP contribution in [0.5, 0.6) is 0 Å². The molecule has 0 amide bonds. The summed E-state index contributed by atoms with van der Waals surface area (Å²) < 4.78 is 4.86. The molecule has 0 spiro atoms. The molecule has 0 aromatic heterocycles. The van der Waals surface area contributed by atoms with Crippen molar-refractivity contribution in [1.29, 1.82) is 0 Å². The van der Waals surface area contributed by atoms with Crippen LogP contribution < -0.4 is 12.4 Å². The minimum absolute atomic E-state index is 0. The molecule has 0 aliphatic heterocycles. The van der Waals surface area contributed by atoms with E-state index in [0.29, 0.717) is 0 Å².